The minimum Gasteiger partial charge on any atom is -0.392 e. The summed E-state index contributed by atoms with van der Waals surface area (Å²) in [5.74, 6) is 0.520. The number of aliphatic hydroxyl groups excluding tert-OH is 1. The number of hydrogen-bond acceptors (Lipinski definition) is 4. The van der Waals surface area contributed by atoms with Gasteiger partial charge in [0.15, 0.2) is 6.29 Å². The summed E-state index contributed by atoms with van der Waals surface area (Å²) in [6.07, 6.45) is 0.325. The van der Waals surface area contributed by atoms with Crippen molar-refractivity contribution in [2.24, 2.45) is 5.92 Å². The highest BCUT2D eigenvalue weighted by Gasteiger charge is 2.10. The lowest BCUT2D eigenvalue weighted by Crippen LogP contribution is -2.36. The van der Waals surface area contributed by atoms with Crippen molar-refractivity contribution in [1.29, 1.82) is 0 Å². The maximum Gasteiger partial charge on any atom is 0.169 e. The van der Waals surface area contributed by atoms with Crippen molar-refractivity contribution in [2.75, 3.05) is 26.3 Å². The van der Waals surface area contributed by atoms with Gasteiger partial charge < -0.3 is 19.9 Å². The van der Waals surface area contributed by atoms with Crippen molar-refractivity contribution in [3.63, 3.8) is 0 Å². The van der Waals surface area contributed by atoms with Crippen LogP contribution in [0.25, 0.3) is 0 Å². The lowest BCUT2D eigenvalue weighted by atomic mass is 10.1. The van der Waals surface area contributed by atoms with Crippen LogP contribution in [-0.2, 0) is 9.47 Å². The van der Waals surface area contributed by atoms with Crippen LogP contribution >= 0.6 is 0 Å². The first-order chi connectivity index (χ1) is 7.60. The van der Waals surface area contributed by atoms with Crippen molar-refractivity contribution < 1.29 is 14.6 Å². The molecule has 0 heterocycles. The number of ether oxygens (including phenoxy) is 2. The molecule has 1 unspecified atom stereocenters. The molecular formula is C12H27NO3. The fraction of sp³-hybridized carbons (Fsp3) is 1.00. The molecule has 4 heteroatoms. The van der Waals surface area contributed by atoms with E-state index in [0.29, 0.717) is 32.2 Å². The molecule has 0 fully saturated rings. The minimum absolute atomic E-state index is 0.207. The average Bonchev–Trinajstić information content (AvgIpc) is 2.17. The maximum atomic E-state index is 9.65. The van der Waals surface area contributed by atoms with Crippen molar-refractivity contribution in [1.82, 2.24) is 5.32 Å². The van der Waals surface area contributed by atoms with Crippen LogP contribution in [0.2, 0.25) is 0 Å². The summed E-state index contributed by atoms with van der Waals surface area (Å²) in [5.41, 5.74) is 0. The molecule has 0 radical (unpaired) electrons. The first-order valence-corrected chi connectivity index (χ1v) is 6.22. The van der Waals surface area contributed by atoms with Gasteiger partial charge in [-0.25, -0.2) is 0 Å². The molecule has 98 valence electrons. The predicted octanol–water partition coefficient (Wildman–Crippen LogP) is 1.38. The second-order valence-corrected chi connectivity index (χ2v) is 4.28. The molecule has 2 N–H and O–H groups in total. The smallest absolute Gasteiger partial charge is 0.169 e. The quantitative estimate of drug-likeness (QED) is 0.560. The Labute approximate surface area is 99.3 Å². The normalized spacial score (nSPS) is 13.7. The SMILES string of the molecule is CCOC(CNCC(O)CC(C)C)OCC. The first-order valence-electron chi connectivity index (χ1n) is 6.22. The zero-order valence-corrected chi connectivity index (χ0v) is 11.0. The highest BCUT2D eigenvalue weighted by Crippen LogP contribution is 2.03. The molecule has 0 bridgehead atoms. The number of hydrogen-bond donors (Lipinski definition) is 2. The van der Waals surface area contributed by atoms with E-state index in [1.165, 1.54) is 0 Å². The Hall–Kier alpha value is -0.160. The lowest BCUT2D eigenvalue weighted by molar-refractivity contribution is -0.133. The van der Waals surface area contributed by atoms with Gasteiger partial charge in [0.1, 0.15) is 0 Å². The number of aliphatic hydroxyl groups is 1. The predicted molar refractivity (Wildman–Crippen MR) is 65.4 cm³/mol. The van der Waals surface area contributed by atoms with Gasteiger partial charge in [0.25, 0.3) is 0 Å². The Morgan fingerprint density at radius 3 is 2.06 bits per heavy atom. The Kier molecular flexibility index (Phi) is 9.92. The lowest BCUT2D eigenvalue weighted by Gasteiger charge is -2.19. The van der Waals surface area contributed by atoms with E-state index in [-0.39, 0.29) is 12.4 Å². The van der Waals surface area contributed by atoms with Gasteiger partial charge in [-0.15, -0.1) is 0 Å². The number of rotatable bonds is 10. The molecule has 16 heavy (non-hydrogen) atoms. The first kappa shape index (κ1) is 15.8. The van der Waals surface area contributed by atoms with Crippen LogP contribution in [0.1, 0.15) is 34.1 Å². The van der Waals surface area contributed by atoms with E-state index in [9.17, 15) is 5.11 Å². The second-order valence-electron chi connectivity index (χ2n) is 4.28. The number of nitrogens with one attached hydrogen (secondary N) is 1. The third-order valence-corrected chi connectivity index (χ3v) is 2.14. The maximum absolute atomic E-state index is 9.65. The molecule has 0 amide bonds. The van der Waals surface area contributed by atoms with E-state index in [1.807, 2.05) is 13.8 Å². The average molecular weight is 233 g/mol. The summed E-state index contributed by atoms with van der Waals surface area (Å²) in [4.78, 5) is 0. The van der Waals surface area contributed by atoms with E-state index in [2.05, 4.69) is 19.2 Å². The van der Waals surface area contributed by atoms with Crippen molar-refractivity contribution in [3.8, 4) is 0 Å². The summed E-state index contributed by atoms with van der Waals surface area (Å²) in [7, 11) is 0. The van der Waals surface area contributed by atoms with Crippen LogP contribution in [0.4, 0.5) is 0 Å². The Balaban J connectivity index is 3.59. The van der Waals surface area contributed by atoms with Gasteiger partial charge in [0, 0.05) is 26.3 Å². The highest BCUT2D eigenvalue weighted by molar-refractivity contribution is 4.62. The van der Waals surface area contributed by atoms with Crippen molar-refractivity contribution in [2.45, 2.75) is 46.5 Å². The molecule has 0 aliphatic rings. The zero-order chi connectivity index (χ0) is 12.4. The van der Waals surface area contributed by atoms with Crippen LogP contribution in [0.15, 0.2) is 0 Å². The molecule has 0 aromatic rings. The molecule has 0 aromatic heterocycles. The molecule has 0 saturated heterocycles. The van der Waals surface area contributed by atoms with Gasteiger partial charge in [-0.05, 0) is 26.2 Å². The fourth-order valence-electron chi connectivity index (χ4n) is 1.53. The van der Waals surface area contributed by atoms with E-state index in [4.69, 9.17) is 9.47 Å². The molecule has 0 spiro atoms. The zero-order valence-electron chi connectivity index (χ0n) is 11.0. The molecule has 0 aliphatic carbocycles. The van der Waals surface area contributed by atoms with E-state index >= 15 is 0 Å². The van der Waals surface area contributed by atoms with Crippen LogP contribution in [0.5, 0.6) is 0 Å². The van der Waals surface area contributed by atoms with Crippen molar-refractivity contribution in [3.05, 3.63) is 0 Å². The fourth-order valence-corrected chi connectivity index (χ4v) is 1.53. The topological polar surface area (TPSA) is 50.7 Å². The van der Waals surface area contributed by atoms with Gasteiger partial charge in [-0.1, -0.05) is 13.8 Å². The third kappa shape index (κ3) is 9.09. The molecule has 0 rings (SSSR count). The molecule has 0 aromatic carbocycles. The molecule has 0 saturated carbocycles. The Bertz CT molecular complexity index is 147. The Morgan fingerprint density at radius 1 is 1.06 bits per heavy atom. The summed E-state index contributed by atoms with van der Waals surface area (Å²) < 4.78 is 10.8. The van der Waals surface area contributed by atoms with Gasteiger partial charge in [0.05, 0.1) is 6.10 Å². The molecule has 4 nitrogen and oxygen atoms in total. The Morgan fingerprint density at radius 2 is 1.62 bits per heavy atom. The minimum atomic E-state index is -0.288. The largest absolute Gasteiger partial charge is 0.392 e. The molecule has 1 atom stereocenters. The third-order valence-electron chi connectivity index (χ3n) is 2.14. The molecular weight excluding hydrogens is 206 g/mol. The van der Waals surface area contributed by atoms with E-state index < -0.39 is 0 Å². The van der Waals surface area contributed by atoms with Gasteiger partial charge in [-0.3, -0.25) is 0 Å². The monoisotopic (exact) mass is 233 g/mol. The highest BCUT2D eigenvalue weighted by atomic mass is 16.7. The van der Waals surface area contributed by atoms with E-state index in [1.54, 1.807) is 0 Å². The van der Waals surface area contributed by atoms with Gasteiger partial charge >= 0.3 is 0 Å². The standard InChI is InChI=1S/C12H27NO3/c1-5-15-12(16-6-2)9-13-8-11(14)7-10(3)4/h10-14H,5-9H2,1-4H3. The van der Waals surface area contributed by atoms with Crippen LogP contribution < -0.4 is 5.32 Å². The van der Waals surface area contributed by atoms with Crippen LogP contribution in [0.3, 0.4) is 0 Å². The van der Waals surface area contributed by atoms with Crippen LogP contribution in [0, 0.1) is 5.92 Å². The van der Waals surface area contributed by atoms with E-state index in [0.717, 1.165) is 6.42 Å². The van der Waals surface area contributed by atoms with Gasteiger partial charge in [-0.2, -0.15) is 0 Å². The second kappa shape index (κ2) is 10.0. The summed E-state index contributed by atoms with van der Waals surface area (Å²) in [6, 6.07) is 0. The van der Waals surface area contributed by atoms with Gasteiger partial charge in [0.2, 0.25) is 0 Å². The molecule has 0 aliphatic heterocycles. The summed E-state index contributed by atoms with van der Waals surface area (Å²) in [6.45, 7) is 10.6. The summed E-state index contributed by atoms with van der Waals surface area (Å²) in [5, 5.41) is 12.8. The van der Waals surface area contributed by atoms with Crippen molar-refractivity contribution >= 4 is 0 Å². The van der Waals surface area contributed by atoms with Crippen LogP contribution in [-0.4, -0.2) is 43.8 Å². The summed E-state index contributed by atoms with van der Waals surface area (Å²) >= 11 is 0.